The van der Waals surface area contributed by atoms with Crippen molar-refractivity contribution in [3.63, 3.8) is 0 Å². The van der Waals surface area contributed by atoms with Crippen molar-refractivity contribution in [2.75, 3.05) is 0 Å². The van der Waals surface area contributed by atoms with Gasteiger partial charge in [0, 0.05) is 33.3 Å². The third kappa shape index (κ3) is 4.04. The standard InChI is InChI=1S/C45H27N3/c1-2-11-28(12-3-1)40-33-14-4-6-16-35(33)41(36-17-7-5-15-34(36)40)29-20-22-31(23-21-29)42-38-27-32-25-24-30-13-10-26-46-43(30)44(32)48-45(38)37-18-8-9-19-39(37)47-42/h1-27H. The minimum atomic E-state index is 0.913. The Hall–Kier alpha value is -6.45. The lowest BCUT2D eigenvalue weighted by Gasteiger charge is -2.18. The minimum absolute atomic E-state index is 0.913. The molecule has 48 heavy (non-hydrogen) atoms. The quantitative estimate of drug-likeness (QED) is 0.148. The predicted octanol–water partition coefficient (Wildman–Crippen LogP) is 11.8. The first kappa shape index (κ1) is 26.7. The van der Waals surface area contributed by atoms with Crippen LogP contribution >= 0.6 is 0 Å². The summed E-state index contributed by atoms with van der Waals surface area (Å²) in [5.74, 6) is 0. The van der Waals surface area contributed by atoms with Crippen LogP contribution in [0.5, 0.6) is 0 Å². The summed E-state index contributed by atoms with van der Waals surface area (Å²) < 4.78 is 0. The van der Waals surface area contributed by atoms with Crippen molar-refractivity contribution in [1.82, 2.24) is 15.0 Å². The SMILES string of the molecule is c1ccc(-c2c3ccccc3c(-c3ccc(-c4nc5ccccc5c5nc6c(ccc7cccnc76)cc45)cc3)c3ccccc23)cc1. The maximum absolute atomic E-state index is 5.28. The van der Waals surface area contributed by atoms with Crippen LogP contribution in [0, 0.1) is 0 Å². The van der Waals surface area contributed by atoms with Gasteiger partial charge in [-0.1, -0.05) is 140 Å². The molecule has 3 aromatic heterocycles. The number of hydrogen-bond donors (Lipinski definition) is 0. The number of para-hydroxylation sites is 1. The van der Waals surface area contributed by atoms with E-state index in [0.717, 1.165) is 54.9 Å². The number of benzene rings is 7. The molecule has 0 aliphatic heterocycles. The van der Waals surface area contributed by atoms with Crippen LogP contribution in [0.4, 0.5) is 0 Å². The Labute approximate surface area is 276 Å². The zero-order valence-corrected chi connectivity index (χ0v) is 25.9. The molecule has 0 N–H and O–H groups in total. The molecule has 3 nitrogen and oxygen atoms in total. The lowest BCUT2D eigenvalue weighted by molar-refractivity contribution is 1.39. The van der Waals surface area contributed by atoms with Crippen LogP contribution in [0.3, 0.4) is 0 Å². The van der Waals surface area contributed by atoms with Crippen molar-refractivity contribution in [3.8, 4) is 33.5 Å². The van der Waals surface area contributed by atoms with Gasteiger partial charge in [0.15, 0.2) is 0 Å². The Balaban J connectivity index is 1.20. The molecule has 3 heterocycles. The van der Waals surface area contributed by atoms with Crippen molar-refractivity contribution in [1.29, 1.82) is 0 Å². The number of pyridine rings is 3. The van der Waals surface area contributed by atoms with E-state index in [0.29, 0.717) is 0 Å². The summed E-state index contributed by atoms with van der Waals surface area (Å²) in [5, 5.41) is 9.21. The Morgan fingerprint density at radius 1 is 0.333 bits per heavy atom. The summed E-state index contributed by atoms with van der Waals surface area (Å²) in [6, 6.07) is 56.1. The van der Waals surface area contributed by atoms with E-state index in [1.807, 2.05) is 18.3 Å². The van der Waals surface area contributed by atoms with Gasteiger partial charge < -0.3 is 0 Å². The van der Waals surface area contributed by atoms with Crippen LogP contribution in [-0.4, -0.2) is 15.0 Å². The molecule has 0 saturated heterocycles. The van der Waals surface area contributed by atoms with E-state index < -0.39 is 0 Å². The number of hydrogen-bond acceptors (Lipinski definition) is 3. The van der Waals surface area contributed by atoms with E-state index in [1.54, 1.807) is 0 Å². The van der Waals surface area contributed by atoms with Gasteiger partial charge in [-0.2, -0.15) is 0 Å². The maximum Gasteiger partial charge on any atom is 0.0972 e. The molecule has 0 amide bonds. The van der Waals surface area contributed by atoms with Crippen molar-refractivity contribution < 1.29 is 0 Å². The molecule has 10 aromatic rings. The van der Waals surface area contributed by atoms with Gasteiger partial charge in [0.2, 0.25) is 0 Å². The molecule has 0 bridgehead atoms. The molecule has 222 valence electrons. The summed E-state index contributed by atoms with van der Waals surface area (Å²) in [4.78, 5) is 15.2. The highest BCUT2D eigenvalue weighted by molar-refractivity contribution is 6.21. The highest BCUT2D eigenvalue weighted by Crippen LogP contribution is 2.44. The number of fused-ring (bicyclic) bond motifs is 8. The fraction of sp³-hybridized carbons (Fsp3) is 0. The van der Waals surface area contributed by atoms with Gasteiger partial charge in [-0.3, -0.25) is 4.98 Å². The van der Waals surface area contributed by atoms with Crippen LogP contribution in [0.25, 0.3) is 98.7 Å². The molecule has 7 aromatic carbocycles. The first-order valence-electron chi connectivity index (χ1n) is 16.3. The normalized spacial score (nSPS) is 11.8. The second-order valence-corrected chi connectivity index (χ2v) is 12.4. The van der Waals surface area contributed by atoms with Gasteiger partial charge in [0.25, 0.3) is 0 Å². The Morgan fingerprint density at radius 3 is 1.58 bits per heavy atom. The smallest absolute Gasteiger partial charge is 0.0972 e. The van der Waals surface area contributed by atoms with Gasteiger partial charge in [0.1, 0.15) is 0 Å². The fourth-order valence-electron chi connectivity index (χ4n) is 7.48. The lowest BCUT2D eigenvalue weighted by atomic mass is 9.86. The van der Waals surface area contributed by atoms with Crippen LogP contribution < -0.4 is 0 Å². The fourth-order valence-corrected chi connectivity index (χ4v) is 7.48. The van der Waals surface area contributed by atoms with Crippen molar-refractivity contribution in [3.05, 3.63) is 164 Å². The van der Waals surface area contributed by atoms with Crippen LogP contribution in [0.15, 0.2) is 164 Å². The lowest BCUT2D eigenvalue weighted by Crippen LogP contribution is -1.94. The van der Waals surface area contributed by atoms with E-state index in [-0.39, 0.29) is 0 Å². The third-order valence-corrected chi connectivity index (χ3v) is 9.65. The molecule has 10 rings (SSSR count). The summed E-state index contributed by atoms with van der Waals surface area (Å²) in [5.41, 5.74) is 10.6. The maximum atomic E-state index is 5.28. The van der Waals surface area contributed by atoms with Crippen molar-refractivity contribution in [2.24, 2.45) is 0 Å². The summed E-state index contributed by atoms with van der Waals surface area (Å²) in [7, 11) is 0. The average Bonchev–Trinajstić information content (AvgIpc) is 3.16. The molecular formula is C45H27N3. The van der Waals surface area contributed by atoms with Gasteiger partial charge in [-0.25, -0.2) is 9.97 Å². The molecule has 0 radical (unpaired) electrons. The zero-order chi connectivity index (χ0) is 31.6. The van der Waals surface area contributed by atoms with Gasteiger partial charge in [0.05, 0.1) is 27.8 Å². The van der Waals surface area contributed by atoms with Gasteiger partial charge in [-0.05, 0) is 62.0 Å². The molecule has 0 saturated carbocycles. The van der Waals surface area contributed by atoms with Crippen LogP contribution in [-0.2, 0) is 0 Å². The third-order valence-electron chi connectivity index (χ3n) is 9.65. The number of aromatic nitrogens is 3. The number of rotatable bonds is 3. The number of nitrogens with zero attached hydrogens (tertiary/aromatic N) is 3. The van der Waals surface area contributed by atoms with Gasteiger partial charge in [-0.15, -0.1) is 0 Å². The molecular weight excluding hydrogens is 583 g/mol. The Kier molecular flexibility index (Phi) is 5.87. The van der Waals surface area contributed by atoms with E-state index in [4.69, 9.17) is 15.0 Å². The first-order chi connectivity index (χ1) is 23.8. The van der Waals surface area contributed by atoms with Crippen LogP contribution in [0.1, 0.15) is 0 Å². The molecule has 0 aliphatic carbocycles. The predicted molar refractivity (Wildman–Crippen MR) is 201 cm³/mol. The minimum Gasteiger partial charge on any atom is -0.254 e. The van der Waals surface area contributed by atoms with Crippen molar-refractivity contribution >= 4 is 65.2 Å². The van der Waals surface area contributed by atoms with E-state index in [9.17, 15) is 0 Å². The molecule has 0 aliphatic rings. The molecule has 0 unspecified atom stereocenters. The van der Waals surface area contributed by atoms with Crippen molar-refractivity contribution in [2.45, 2.75) is 0 Å². The highest BCUT2D eigenvalue weighted by Gasteiger charge is 2.18. The topological polar surface area (TPSA) is 38.7 Å². The van der Waals surface area contributed by atoms with E-state index in [2.05, 4.69) is 146 Å². The zero-order valence-electron chi connectivity index (χ0n) is 25.9. The Morgan fingerprint density at radius 2 is 0.896 bits per heavy atom. The highest BCUT2D eigenvalue weighted by atomic mass is 14.8. The first-order valence-corrected chi connectivity index (χ1v) is 16.3. The molecule has 0 spiro atoms. The Bertz CT molecular complexity index is 2820. The summed E-state index contributed by atoms with van der Waals surface area (Å²) >= 11 is 0. The second-order valence-electron chi connectivity index (χ2n) is 12.4. The largest absolute Gasteiger partial charge is 0.254 e. The van der Waals surface area contributed by atoms with Gasteiger partial charge >= 0.3 is 0 Å². The van der Waals surface area contributed by atoms with E-state index in [1.165, 1.54) is 43.8 Å². The van der Waals surface area contributed by atoms with E-state index >= 15 is 0 Å². The summed E-state index contributed by atoms with van der Waals surface area (Å²) in [6.07, 6.45) is 1.84. The second kappa shape index (κ2) is 10.5. The molecule has 0 atom stereocenters. The summed E-state index contributed by atoms with van der Waals surface area (Å²) in [6.45, 7) is 0. The van der Waals surface area contributed by atoms with Crippen LogP contribution in [0.2, 0.25) is 0 Å². The molecule has 0 fully saturated rings. The monoisotopic (exact) mass is 609 g/mol. The average molecular weight is 610 g/mol. The molecule has 3 heteroatoms.